The monoisotopic (exact) mass is 1120 g/mol. The van der Waals surface area contributed by atoms with Gasteiger partial charge in [-0.1, -0.05) is 55.7 Å². The second-order valence-electron chi connectivity index (χ2n) is 19.8. The standard InChI is InChI=1S/C48H71N11O14S3/c1-6-23(2)39-45(70)52-18-37(64)53-33-22-76(72)47-29-16-32(42(67)51-19-38(65)57-39)55-46(71)40(25(4)35(62)21-60)58-44(69)34-14-26(61)20-59(34)48(11-7-13-74-75-24(3)10-12-50-5,41(66)31(17-36(49)63)54-43(33)68)73-27-8-9-28(29)30(15-27)56-47/h8-9,15,23-26,31-35,39-40,50,56,60-62H,6-7,10-14,16-22H2,1-5H3,(H2,49,63)(H,51,67)(H,52,70)(H,53,64)(H,54,68)(H,55,71)(H,57,65)(H,58,69)/t23-,24?,25-,26+,31-,32-,33?,34-,35-,39-,40-,48?,76-/m0/s1. The minimum atomic E-state index is -2.37. The number of aromatic nitrogens is 1. The van der Waals surface area contributed by atoms with E-state index in [-0.39, 0.29) is 46.4 Å². The predicted molar refractivity (Wildman–Crippen MR) is 281 cm³/mol. The lowest BCUT2D eigenvalue weighted by Gasteiger charge is -2.45. The summed E-state index contributed by atoms with van der Waals surface area (Å²) in [6.07, 6.45) is -3.52. The van der Waals surface area contributed by atoms with Crippen molar-refractivity contribution in [3.63, 3.8) is 0 Å². The van der Waals surface area contributed by atoms with Gasteiger partial charge in [-0.15, -0.1) is 0 Å². The first-order chi connectivity index (χ1) is 36.1. The number of rotatable bonds is 16. The molecule has 14 N–H and O–H groups in total. The van der Waals surface area contributed by atoms with E-state index in [4.69, 9.17) is 10.5 Å². The second-order valence-corrected chi connectivity index (χ2v) is 24.1. The number of benzene rings is 1. The Morgan fingerprint density at radius 2 is 1.64 bits per heavy atom. The largest absolute Gasteiger partial charge is 0.465 e. The predicted octanol–water partition coefficient (Wildman–Crippen LogP) is -3.34. The Kier molecular flexibility index (Phi) is 21.1. The zero-order valence-electron chi connectivity index (χ0n) is 43.1. The van der Waals surface area contributed by atoms with Gasteiger partial charge in [-0.25, -0.2) is 4.90 Å². The number of aliphatic hydroxyl groups is 3. The van der Waals surface area contributed by atoms with Crippen LogP contribution < -0.4 is 53.0 Å². The van der Waals surface area contributed by atoms with Crippen LogP contribution in [-0.2, 0) is 60.4 Å². The fourth-order valence-corrected chi connectivity index (χ4v) is 13.5. The van der Waals surface area contributed by atoms with Gasteiger partial charge in [-0.2, -0.15) is 0 Å². The molecular weight excluding hydrogens is 1050 g/mol. The number of nitrogens with zero attached hydrogens (tertiary/aromatic N) is 1. The van der Waals surface area contributed by atoms with Crippen molar-refractivity contribution in [3.8, 4) is 5.75 Å². The number of ketones is 1. The van der Waals surface area contributed by atoms with E-state index in [1.165, 1.54) is 34.8 Å². The van der Waals surface area contributed by atoms with Crippen molar-refractivity contribution in [2.24, 2.45) is 17.6 Å². The van der Waals surface area contributed by atoms with Crippen LogP contribution in [0.2, 0.25) is 0 Å². The highest BCUT2D eigenvalue weighted by atomic mass is 33.1. The molecule has 0 spiro atoms. The number of hydrogen-bond donors (Lipinski definition) is 13. The van der Waals surface area contributed by atoms with Gasteiger partial charge in [0.1, 0.15) is 41.0 Å². The fraction of sp³-hybridized carbons (Fsp3) is 0.646. The van der Waals surface area contributed by atoms with Gasteiger partial charge in [0, 0.05) is 47.8 Å². The molecule has 8 amide bonds. The van der Waals surface area contributed by atoms with Crippen molar-refractivity contribution in [1.29, 1.82) is 0 Å². The van der Waals surface area contributed by atoms with E-state index >= 15 is 9.59 Å². The van der Waals surface area contributed by atoms with E-state index in [2.05, 4.69) is 54.4 Å². The fourth-order valence-electron chi connectivity index (χ4n) is 9.69. The van der Waals surface area contributed by atoms with Crippen LogP contribution in [0, 0.1) is 11.8 Å². The van der Waals surface area contributed by atoms with Crippen LogP contribution >= 0.6 is 21.6 Å². The first-order valence-electron chi connectivity index (χ1n) is 25.4. The minimum Gasteiger partial charge on any atom is -0.465 e. The molecule has 7 rings (SSSR count). The van der Waals surface area contributed by atoms with Crippen molar-refractivity contribution in [3.05, 3.63) is 23.8 Å². The zero-order valence-corrected chi connectivity index (χ0v) is 45.5. The molecule has 1 fully saturated rings. The quantitative estimate of drug-likeness (QED) is 0.0577. The van der Waals surface area contributed by atoms with Crippen LogP contribution in [0.15, 0.2) is 23.2 Å². The maximum atomic E-state index is 16.0. The SMILES string of the molecule is CC[C@H](C)[C@@H]1NC(=O)CNC(=O)[C@@H]2Cc3c4[nH]c5cc(ccc35)OC(CCCSSC(C)CCNC)(C(=O)[C@H](CC(N)=O)NC(=O)C(C[S@@]4=O)NC(=O)CNC1=O)N1C[C@H](O)C[C@H]1C(=O)N[C@@H]([C@@H](C)[C@@H](O)CO)C(=O)N2. The Morgan fingerprint density at radius 1 is 0.934 bits per heavy atom. The van der Waals surface area contributed by atoms with E-state index < -0.39 is 175 Å². The average molecular weight is 1120 g/mol. The van der Waals surface area contributed by atoms with Crippen molar-refractivity contribution < 1.29 is 67.4 Å². The van der Waals surface area contributed by atoms with Gasteiger partial charge in [0.05, 0.1) is 66.4 Å². The molecule has 1 aromatic heterocycles. The zero-order chi connectivity index (χ0) is 55.6. The smallest absolute Gasteiger partial charge is 0.244 e. The van der Waals surface area contributed by atoms with Gasteiger partial charge >= 0.3 is 0 Å². The second kappa shape index (κ2) is 26.8. The number of aromatic amines is 1. The number of aliphatic hydroxyl groups excluding tert-OH is 3. The first kappa shape index (κ1) is 59.9. The van der Waals surface area contributed by atoms with Gasteiger partial charge in [0.15, 0.2) is 0 Å². The molecule has 25 nitrogen and oxygen atoms in total. The molecule has 0 aliphatic carbocycles. The summed E-state index contributed by atoms with van der Waals surface area (Å²) in [5.41, 5.74) is 3.80. The van der Waals surface area contributed by atoms with E-state index in [0.717, 1.165) is 13.0 Å². The Morgan fingerprint density at radius 3 is 2.33 bits per heavy atom. The number of carbonyl (C=O) groups is 9. The minimum absolute atomic E-state index is 0.0119. The number of H-pyrrole nitrogens is 1. The molecule has 5 aliphatic rings. The summed E-state index contributed by atoms with van der Waals surface area (Å²) in [6.45, 7) is 4.84. The maximum Gasteiger partial charge on any atom is 0.244 e. The number of nitrogens with one attached hydrogen (secondary N) is 9. The molecule has 0 radical (unpaired) electrons. The molecule has 3 unspecified atom stereocenters. The number of ether oxygens (including phenoxy) is 1. The Hall–Kier alpha value is -5.36. The molecular formula is C48H71N11O14S3. The third-order valence-electron chi connectivity index (χ3n) is 14.2. The van der Waals surface area contributed by atoms with Gasteiger partial charge in [-0.05, 0) is 56.5 Å². The lowest BCUT2D eigenvalue weighted by atomic mass is 9.90. The number of fused-ring (bicyclic) bond motifs is 7. The molecule has 1 aromatic carbocycles. The molecule has 2 aromatic rings. The number of nitrogens with two attached hydrogens (primary N) is 1. The highest BCUT2D eigenvalue weighted by molar-refractivity contribution is 8.76. The van der Waals surface area contributed by atoms with E-state index in [9.17, 15) is 53.1 Å². The van der Waals surface area contributed by atoms with Gasteiger partial charge in [0.2, 0.25) is 58.8 Å². The van der Waals surface area contributed by atoms with E-state index in [0.29, 0.717) is 17.6 Å². The van der Waals surface area contributed by atoms with Gasteiger partial charge < -0.3 is 73.3 Å². The number of primary amides is 1. The molecule has 28 heteroatoms. The Labute approximate surface area is 449 Å². The summed E-state index contributed by atoms with van der Waals surface area (Å²) in [5.74, 6) is -10.9. The number of hydrogen-bond acceptors (Lipinski definition) is 18. The normalized spacial score (nSPS) is 29.0. The Bertz CT molecular complexity index is 2540. The maximum absolute atomic E-state index is 16.0. The third-order valence-corrected chi connectivity index (χ3v) is 18.7. The topological polar surface area (TPSA) is 382 Å². The molecule has 5 aliphatic heterocycles. The average Bonchev–Trinajstić information content (AvgIpc) is 3.96. The van der Waals surface area contributed by atoms with Crippen LogP contribution in [-0.4, -0.2) is 193 Å². The Balaban J connectivity index is 1.64. The van der Waals surface area contributed by atoms with E-state index in [1.807, 2.05) is 7.05 Å². The molecule has 420 valence electrons. The third kappa shape index (κ3) is 14.4. The summed E-state index contributed by atoms with van der Waals surface area (Å²) < 4.78 is 21.9. The lowest BCUT2D eigenvalue weighted by molar-refractivity contribution is -0.166. The molecule has 13 atom stereocenters. The summed E-state index contributed by atoms with van der Waals surface area (Å²) in [7, 11) is 2.62. The van der Waals surface area contributed by atoms with Crippen molar-refractivity contribution >= 4 is 96.3 Å². The highest BCUT2D eigenvalue weighted by Crippen LogP contribution is 2.40. The molecule has 1 saturated heterocycles. The summed E-state index contributed by atoms with van der Waals surface area (Å²) in [5, 5.41) is 54.2. The lowest BCUT2D eigenvalue weighted by Crippen LogP contribution is -2.68. The summed E-state index contributed by atoms with van der Waals surface area (Å²) >= 11 is 0. The van der Waals surface area contributed by atoms with E-state index in [1.54, 1.807) is 30.7 Å². The summed E-state index contributed by atoms with van der Waals surface area (Å²) in [4.78, 5) is 134. The van der Waals surface area contributed by atoms with Crippen LogP contribution in [0.5, 0.6) is 5.75 Å². The van der Waals surface area contributed by atoms with Crippen molar-refractivity contribution in [2.75, 3.05) is 51.3 Å². The molecule has 0 saturated carbocycles. The molecule has 76 heavy (non-hydrogen) atoms. The number of carbonyl (C=O) groups excluding carboxylic acids is 9. The summed E-state index contributed by atoms with van der Waals surface area (Å²) in [6, 6.07) is -5.37. The first-order valence-corrected chi connectivity index (χ1v) is 29.1. The van der Waals surface area contributed by atoms with Crippen LogP contribution in [0.3, 0.4) is 0 Å². The van der Waals surface area contributed by atoms with Gasteiger partial charge in [-0.3, -0.25) is 47.4 Å². The number of Topliss-reactive ketones (excluding diaryl/α,β-unsaturated/α-hetero) is 1. The highest BCUT2D eigenvalue weighted by Gasteiger charge is 2.57. The van der Waals surface area contributed by atoms with Crippen LogP contribution in [0.25, 0.3) is 10.9 Å². The molecule has 6 heterocycles. The van der Waals surface area contributed by atoms with Crippen molar-refractivity contribution in [1.82, 2.24) is 52.4 Å². The van der Waals surface area contributed by atoms with Gasteiger partial charge in [0.25, 0.3) is 0 Å². The molecule has 8 bridgehead atoms. The number of amides is 8. The van der Waals surface area contributed by atoms with Crippen LogP contribution in [0.4, 0.5) is 0 Å². The van der Waals surface area contributed by atoms with Crippen LogP contribution in [0.1, 0.15) is 71.8 Å². The van der Waals surface area contributed by atoms with Crippen molar-refractivity contribution in [2.45, 2.75) is 137 Å².